The zero-order valence-corrected chi connectivity index (χ0v) is 19.3. The first-order valence-electron chi connectivity index (χ1n) is 11.4. The van der Waals surface area contributed by atoms with Crippen LogP contribution in [0.2, 0.25) is 0 Å². The molecule has 4 rings (SSSR count). The van der Waals surface area contributed by atoms with Crippen LogP contribution in [-0.2, 0) is 9.47 Å². The second-order valence-electron chi connectivity index (χ2n) is 8.62. The van der Waals surface area contributed by atoms with E-state index in [9.17, 15) is 4.79 Å². The molecule has 1 fully saturated rings. The number of carbonyl (C=O) groups excluding carboxylic acids is 1. The predicted octanol–water partition coefficient (Wildman–Crippen LogP) is 4.20. The first kappa shape index (κ1) is 22.5. The topological polar surface area (TPSA) is 91.4 Å². The monoisotopic (exact) mass is 440 g/mol. The third-order valence-corrected chi connectivity index (χ3v) is 5.70. The van der Waals surface area contributed by atoms with Crippen molar-refractivity contribution in [2.24, 2.45) is 0 Å². The summed E-state index contributed by atoms with van der Waals surface area (Å²) in [6.45, 7) is 10.5. The molecule has 1 amide bonds. The molecule has 1 saturated heterocycles. The molecular formula is C24H32N4O4. The van der Waals surface area contributed by atoms with Crippen LogP contribution in [0.4, 0.5) is 0 Å². The van der Waals surface area contributed by atoms with Gasteiger partial charge in [-0.15, -0.1) is 0 Å². The number of aryl methyl sites for hydroxylation is 2. The molecule has 172 valence electrons. The molecule has 1 unspecified atom stereocenters. The van der Waals surface area contributed by atoms with Crippen LogP contribution in [0, 0.1) is 13.8 Å². The highest BCUT2D eigenvalue weighted by molar-refractivity contribution is 6.06. The third kappa shape index (κ3) is 4.86. The number of furan rings is 1. The van der Waals surface area contributed by atoms with E-state index in [0.29, 0.717) is 36.7 Å². The number of rotatable bonds is 9. The van der Waals surface area contributed by atoms with E-state index in [4.69, 9.17) is 18.9 Å². The number of hydrogen-bond acceptors (Lipinski definition) is 6. The molecule has 0 saturated carbocycles. The summed E-state index contributed by atoms with van der Waals surface area (Å²) in [5.74, 6) is 1.45. The Kier molecular flexibility index (Phi) is 6.91. The number of nitrogens with zero attached hydrogens (tertiary/aromatic N) is 3. The molecule has 0 spiro atoms. The quantitative estimate of drug-likeness (QED) is 0.501. The highest BCUT2D eigenvalue weighted by Gasteiger charge is 2.20. The lowest BCUT2D eigenvalue weighted by Gasteiger charge is -2.12. The number of pyridine rings is 1. The first-order valence-corrected chi connectivity index (χ1v) is 11.4. The number of carbonyl (C=O) groups is 1. The summed E-state index contributed by atoms with van der Waals surface area (Å²) in [6.07, 6.45) is 4.86. The van der Waals surface area contributed by atoms with Gasteiger partial charge in [0.1, 0.15) is 11.5 Å². The van der Waals surface area contributed by atoms with Gasteiger partial charge in [-0.3, -0.25) is 4.79 Å². The van der Waals surface area contributed by atoms with E-state index in [0.717, 1.165) is 48.3 Å². The maximum Gasteiger partial charge on any atom is 0.252 e. The van der Waals surface area contributed by atoms with Crippen molar-refractivity contribution >= 4 is 16.9 Å². The number of hydrogen-bond donors (Lipinski definition) is 1. The molecule has 0 aliphatic carbocycles. The van der Waals surface area contributed by atoms with Gasteiger partial charge in [-0.05, 0) is 59.1 Å². The van der Waals surface area contributed by atoms with E-state index in [1.807, 2.05) is 44.5 Å². The second-order valence-corrected chi connectivity index (χ2v) is 8.62. The molecule has 1 N–H and O–H groups in total. The lowest BCUT2D eigenvalue weighted by molar-refractivity contribution is 0.0166. The number of amides is 1. The fourth-order valence-electron chi connectivity index (χ4n) is 4.07. The highest BCUT2D eigenvalue weighted by atomic mass is 16.5. The van der Waals surface area contributed by atoms with Gasteiger partial charge in [-0.2, -0.15) is 5.10 Å². The Bertz CT molecular complexity index is 1080. The Balaban J connectivity index is 1.49. The van der Waals surface area contributed by atoms with Crippen LogP contribution in [-0.4, -0.2) is 53.1 Å². The maximum absolute atomic E-state index is 13.1. The smallest absolute Gasteiger partial charge is 0.252 e. The van der Waals surface area contributed by atoms with Crippen molar-refractivity contribution in [3.8, 4) is 11.3 Å². The van der Waals surface area contributed by atoms with Gasteiger partial charge < -0.3 is 19.2 Å². The molecule has 1 aliphatic rings. The summed E-state index contributed by atoms with van der Waals surface area (Å²) < 4.78 is 18.8. The first-order chi connectivity index (χ1) is 15.4. The van der Waals surface area contributed by atoms with Crippen molar-refractivity contribution < 1.29 is 18.7 Å². The molecule has 3 aromatic rings. The van der Waals surface area contributed by atoms with Crippen molar-refractivity contribution in [1.29, 1.82) is 0 Å². The standard InChI is InChI=1S/C24H32N4O4/c1-15(2)28-23-21(13-26-28)20(12-22(27-23)19-11-16(3)32-17(19)4)24(29)25-8-6-9-30-14-18-7-5-10-31-18/h11-13,15,18H,5-10,14H2,1-4H3,(H,25,29). The minimum atomic E-state index is -0.140. The van der Waals surface area contributed by atoms with Crippen LogP contribution < -0.4 is 5.32 Å². The van der Waals surface area contributed by atoms with Gasteiger partial charge in [0.25, 0.3) is 5.91 Å². The highest BCUT2D eigenvalue weighted by Crippen LogP contribution is 2.30. The van der Waals surface area contributed by atoms with Crippen molar-refractivity contribution in [2.45, 2.75) is 59.1 Å². The van der Waals surface area contributed by atoms with E-state index in [1.54, 1.807) is 6.20 Å². The molecule has 0 radical (unpaired) electrons. The lowest BCUT2D eigenvalue weighted by atomic mass is 10.1. The Hall–Kier alpha value is -2.71. The molecule has 4 heterocycles. The summed E-state index contributed by atoms with van der Waals surface area (Å²) in [7, 11) is 0. The van der Waals surface area contributed by atoms with E-state index in [1.165, 1.54) is 0 Å². The number of ether oxygens (including phenoxy) is 2. The van der Waals surface area contributed by atoms with Gasteiger partial charge in [-0.25, -0.2) is 9.67 Å². The van der Waals surface area contributed by atoms with Crippen molar-refractivity contribution in [1.82, 2.24) is 20.1 Å². The molecule has 1 aliphatic heterocycles. The number of aromatic nitrogens is 3. The number of nitrogens with one attached hydrogen (secondary N) is 1. The van der Waals surface area contributed by atoms with Gasteiger partial charge in [-0.1, -0.05) is 0 Å². The Morgan fingerprint density at radius 1 is 1.34 bits per heavy atom. The van der Waals surface area contributed by atoms with E-state index in [-0.39, 0.29) is 18.1 Å². The molecule has 0 bridgehead atoms. The fraction of sp³-hybridized carbons (Fsp3) is 0.542. The van der Waals surface area contributed by atoms with Gasteiger partial charge >= 0.3 is 0 Å². The minimum absolute atomic E-state index is 0.124. The summed E-state index contributed by atoms with van der Waals surface area (Å²) in [6, 6.07) is 3.90. The van der Waals surface area contributed by atoms with Crippen LogP contribution in [0.5, 0.6) is 0 Å². The second kappa shape index (κ2) is 9.83. The van der Waals surface area contributed by atoms with Gasteiger partial charge in [0.2, 0.25) is 0 Å². The fourth-order valence-corrected chi connectivity index (χ4v) is 4.07. The summed E-state index contributed by atoms with van der Waals surface area (Å²) >= 11 is 0. The average molecular weight is 441 g/mol. The molecule has 8 heteroatoms. The van der Waals surface area contributed by atoms with Gasteiger partial charge in [0.05, 0.1) is 35.6 Å². The Morgan fingerprint density at radius 3 is 2.88 bits per heavy atom. The van der Waals surface area contributed by atoms with Crippen molar-refractivity contribution in [3.63, 3.8) is 0 Å². The molecule has 1 atom stereocenters. The zero-order valence-electron chi connectivity index (χ0n) is 19.3. The van der Waals surface area contributed by atoms with Crippen LogP contribution in [0.15, 0.2) is 22.7 Å². The summed E-state index contributed by atoms with van der Waals surface area (Å²) in [5, 5.41) is 8.24. The summed E-state index contributed by atoms with van der Waals surface area (Å²) in [4.78, 5) is 17.9. The Labute approximate surface area is 188 Å². The molecule has 8 nitrogen and oxygen atoms in total. The number of fused-ring (bicyclic) bond motifs is 1. The van der Waals surface area contributed by atoms with Crippen LogP contribution in [0.1, 0.15) is 61.0 Å². The zero-order chi connectivity index (χ0) is 22.7. The van der Waals surface area contributed by atoms with Crippen molar-refractivity contribution in [3.05, 3.63) is 35.4 Å². The van der Waals surface area contributed by atoms with E-state index >= 15 is 0 Å². The SMILES string of the molecule is Cc1cc(-c2cc(C(=O)NCCCOCC3CCCO3)c3cnn(C(C)C)c3n2)c(C)o1. The van der Waals surface area contributed by atoms with E-state index in [2.05, 4.69) is 10.4 Å². The Morgan fingerprint density at radius 2 is 2.19 bits per heavy atom. The lowest BCUT2D eigenvalue weighted by Crippen LogP contribution is -2.26. The molecule has 0 aromatic carbocycles. The predicted molar refractivity (Wildman–Crippen MR) is 122 cm³/mol. The normalized spacial score (nSPS) is 16.3. The van der Waals surface area contributed by atoms with Crippen molar-refractivity contribution in [2.75, 3.05) is 26.4 Å². The van der Waals surface area contributed by atoms with E-state index < -0.39 is 0 Å². The molecular weight excluding hydrogens is 408 g/mol. The molecule has 32 heavy (non-hydrogen) atoms. The largest absolute Gasteiger partial charge is 0.466 e. The maximum atomic E-state index is 13.1. The van der Waals surface area contributed by atoms with Crippen LogP contribution >= 0.6 is 0 Å². The summed E-state index contributed by atoms with van der Waals surface area (Å²) in [5.41, 5.74) is 2.85. The van der Waals surface area contributed by atoms with Crippen LogP contribution in [0.3, 0.4) is 0 Å². The third-order valence-electron chi connectivity index (χ3n) is 5.70. The van der Waals surface area contributed by atoms with Gasteiger partial charge in [0, 0.05) is 31.4 Å². The molecule has 3 aromatic heterocycles. The average Bonchev–Trinajstić information content (AvgIpc) is 3.49. The minimum Gasteiger partial charge on any atom is -0.466 e. The van der Waals surface area contributed by atoms with Crippen LogP contribution in [0.25, 0.3) is 22.3 Å². The van der Waals surface area contributed by atoms with Gasteiger partial charge in [0.15, 0.2) is 5.65 Å².